The maximum atomic E-state index is 11.2. The van der Waals surface area contributed by atoms with Crippen molar-refractivity contribution in [2.24, 2.45) is 0 Å². The number of ether oxygens (including phenoxy) is 2. The maximum Gasteiger partial charge on any atom is 0.102 e. The summed E-state index contributed by atoms with van der Waals surface area (Å²) < 4.78 is 45.7. The second-order valence-electron chi connectivity index (χ2n) is 9.20. The third kappa shape index (κ3) is 20.4. The lowest BCUT2D eigenvalue weighted by Crippen LogP contribution is -2.52. The summed E-state index contributed by atoms with van der Waals surface area (Å²) in [5, 5.41) is 0. The molecule has 0 amide bonds. The first-order chi connectivity index (χ1) is 15.4. The first kappa shape index (κ1) is 31.8. The highest BCUT2D eigenvalue weighted by molar-refractivity contribution is 7.85. The van der Waals surface area contributed by atoms with Crippen LogP contribution in [0.3, 0.4) is 0 Å². The van der Waals surface area contributed by atoms with Crippen LogP contribution in [-0.4, -0.2) is 75.8 Å². The summed E-state index contributed by atoms with van der Waals surface area (Å²) in [7, 11) is -4.16. The monoisotopic (exact) mass is 479 g/mol. The SMILES string of the molecule is CCCCCCCC[N+](CCCCCCCC)(CCCS(=O)(=O)[O-])CCOCCOCC. The lowest BCUT2D eigenvalue weighted by Gasteiger charge is -2.39. The molecule has 0 aromatic carbocycles. The first-order valence-electron chi connectivity index (χ1n) is 13.3. The van der Waals surface area contributed by atoms with E-state index in [1.807, 2.05) is 6.92 Å². The molecule has 7 heteroatoms. The van der Waals surface area contributed by atoms with E-state index in [1.165, 1.54) is 64.2 Å². The molecule has 0 aliphatic heterocycles. The Labute approximate surface area is 199 Å². The van der Waals surface area contributed by atoms with Crippen LogP contribution < -0.4 is 0 Å². The summed E-state index contributed by atoms with van der Waals surface area (Å²) in [5.41, 5.74) is 0. The average molecular weight is 480 g/mol. The number of unbranched alkanes of at least 4 members (excludes halogenated alkanes) is 10. The van der Waals surface area contributed by atoms with Crippen molar-refractivity contribution >= 4 is 10.1 Å². The molecular weight excluding hydrogens is 426 g/mol. The van der Waals surface area contributed by atoms with E-state index in [1.54, 1.807) is 0 Å². The van der Waals surface area contributed by atoms with E-state index in [9.17, 15) is 13.0 Å². The molecule has 0 aliphatic carbocycles. The molecule has 0 saturated heterocycles. The van der Waals surface area contributed by atoms with E-state index in [0.717, 1.165) is 43.5 Å². The standard InChI is InChI=1S/C25H53NO5S/c1-4-7-9-11-13-15-18-26(20-17-25-32(27,28)29,19-16-14-12-10-8-5-2)21-22-31-24-23-30-6-3/h4-25H2,1-3H3. The van der Waals surface area contributed by atoms with E-state index >= 15 is 0 Å². The number of nitrogens with zero attached hydrogens (tertiary/aromatic N) is 1. The zero-order chi connectivity index (χ0) is 24.0. The van der Waals surface area contributed by atoms with Crippen LogP contribution in [0.1, 0.15) is 104 Å². The topological polar surface area (TPSA) is 75.7 Å². The highest BCUT2D eigenvalue weighted by atomic mass is 32.2. The largest absolute Gasteiger partial charge is 0.748 e. The van der Waals surface area contributed by atoms with Crippen molar-refractivity contribution in [2.45, 2.75) is 104 Å². The molecular formula is C25H53NO5S. The van der Waals surface area contributed by atoms with E-state index < -0.39 is 10.1 Å². The fourth-order valence-electron chi connectivity index (χ4n) is 4.33. The molecule has 0 atom stereocenters. The summed E-state index contributed by atoms with van der Waals surface area (Å²) in [6, 6.07) is 0. The van der Waals surface area contributed by atoms with Crippen molar-refractivity contribution in [3.8, 4) is 0 Å². The molecule has 0 spiro atoms. The second kappa shape index (κ2) is 21.3. The predicted octanol–water partition coefficient (Wildman–Crippen LogP) is 5.51. The summed E-state index contributed by atoms with van der Waals surface area (Å²) >= 11 is 0. The first-order valence-corrected chi connectivity index (χ1v) is 14.9. The molecule has 32 heavy (non-hydrogen) atoms. The molecule has 0 N–H and O–H groups in total. The predicted molar refractivity (Wildman–Crippen MR) is 133 cm³/mol. The fraction of sp³-hybridized carbons (Fsp3) is 1.00. The minimum Gasteiger partial charge on any atom is -0.748 e. The van der Waals surface area contributed by atoms with E-state index in [0.29, 0.717) is 32.8 Å². The fourth-order valence-corrected chi connectivity index (χ4v) is 4.81. The van der Waals surface area contributed by atoms with Gasteiger partial charge in [-0.3, -0.25) is 0 Å². The van der Waals surface area contributed by atoms with Gasteiger partial charge in [0.25, 0.3) is 0 Å². The van der Waals surface area contributed by atoms with Crippen molar-refractivity contribution in [3.63, 3.8) is 0 Å². The van der Waals surface area contributed by atoms with E-state index in [4.69, 9.17) is 9.47 Å². The highest BCUT2D eigenvalue weighted by Crippen LogP contribution is 2.17. The van der Waals surface area contributed by atoms with Crippen LogP contribution in [-0.2, 0) is 19.6 Å². The lowest BCUT2D eigenvalue weighted by atomic mass is 10.1. The quantitative estimate of drug-likeness (QED) is 0.0980. The lowest BCUT2D eigenvalue weighted by molar-refractivity contribution is -0.929. The van der Waals surface area contributed by atoms with Crippen LogP contribution in [0.5, 0.6) is 0 Å². The van der Waals surface area contributed by atoms with Crippen molar-refractivity contribution in [3.05, 3.63) is 0 Å². The van der Waals surface area contributed by atoms with Gasteiger partial charge >= 0.3 is 0 Å². The molecule has 6 nitrogen and oxygen atoms in total. The Kier molecular flexibility index (Phi) is 21.2. The van der Waals surface area contributed by atoms with Crippen molar-refractivity contribution in [2.75, 3.05) is 58.4 Å². The molecule has 0 unspecified atom stereocenters. The number of rotatable bonds is 25. The van der Waals surface area contributed by atoms with Gasteiger partial charge in [0.2, 0.25) is 0 Å². The average Bonchev–Trinajstić information content (AvgIpc) is 2.74. The third-order valence-electron chi connectivity index (χ3n) is 6.28. The minimum absolute atomic E-state index is 0.259. The number of hydrogen-bond donors (Lipinski definition) is 0. The molecule has 0 radical (unpaired) electrons. The van der Waals surface area contributed by atoms with Crippen molar-refractivity contribution in [1.82, 2.24) is 0 Å². The Morgan fingerprint density at radius 3 is 1.56 bits per heavy atom. The van der Waals surface area contributed by atoms with Gasteiger partial charge in [0.1, 0.15) is 6.54 Å². The molecule has 0 aliphatic rings. The smallest absolute Gasteiger partial charge is 0.102 e. The van der Waals surface area contributed by atoms with Crippen molar-refractivity contribution < 1.29 is 26.9 Å². The van der Waals surface area contributed by atoms with Gasteiger partial charge in [0.05, 0.1) is 49.6 Å². The van der Waals surface area contributed by atoms with Gasteiger partial charge in [0, 0.05) is 18.8 Å². The number of hydrogen-bond acceptors (Lipinski definition) is 5. The normalized spacial score (nSPS) is 12.5. The summed E-state index contributed by atoms with van der Waals surface area (Å²) in [5.74, 6) is -0.259. The van der Waals surface area contributed by atoms with Crippen LogP contribution in [0.4, 0.5) is 0 Å². The molecule has 194 valence electrons. The minimum atomic E-state index is -4.16. The van der Waals surface area contributed by atoms with Crippen LogP contribution in [0.2, 0.25) is 0 Å². The molecule has 0 aromatic heterocycles. The van der Waals surface area contributed by atoms with Crippen LogP contribution in [0.15, 0.2) is 0 Å². The number of quaternary nitrogens is 1. The molecule has 0 fully saturated rings. The summed E-state index contributed by atoms with van der Waals surface area (Å²) in [6.07, 6.45) is 15.4. The van der Waals surface area contributed by atoms with Crippen LogP contribution in [0.25, 0.3) is 0 Å². The summed E-state index contributed by atoms with van der Waals surface area (Å²) in [4.78, 5) is 0. The molecule has 0 saturated carbocycles. The zero-order valence-electron chi connectivity index (χ0n) is 21.5. The Balaban J connectivity index is 4.87. The highest BCUT2D eigenvalue weighted by Gasteiger charge is 2.26. The van der Waals surface area contributed by atoms with Gasteiger partial charge in [-0.05, 0) is 32.6 Å². The van der Waals surface area contributed by atoms with E-state index in [2.05, 4.69) is 13.8 Å². The van der Waals surface area contributed by atoms with Crippen LogP contribution in [0, 0.1) is 0 Å². The Hall–Kier alpha value is -0.210. The van der Waals surface area contributed by atoms with Gasteiger partial charge < -0.3 is 18.5 Å². The Morgan fingerprint density at radius 2 is 1.06 bits per heavy atom. The van der Waals surface area contributed by atoms with E-state index in [-0.39, 0.29) is 5.75 Å². The zero-order valence-corrected chi connectivity index (χ0v) is 22.3. The molecule has 0 heterocycles. The van der Waals surface area contributed by atoms with Crippen molar-refractivity contribution in [1.29, 1.82) is 0 Å². The second-order valence-corrected chi connectivity index (χ2v) is 10.7. The Bertz CT molecular complexity index is 458. The van der Waals surface area contributed by atoms with Gasteiger partial charge in [0.15, 0.2) is 0 Å². The van der Waals surface area contributed by atoms with Gasteiger partial charge in [-0.2, -0.15) is 0 Å². The van der Waals surface area contributed by atoms with Gasteiger partial charge in [-0.25, -0.2) is 8.42 Å². The van der Waals surface area contributed by atoms with Crippen LogP contribution >= 0.6 is 0 Å². The molecule has 0 rings (SSSR count). The molecule has 0 aromatic rings. The van der Waals surface area contributed by atoms with Gasteiger partial charge in [-0.15, -0.1) is 0 Å². The summed E-state index contributed by atoms with van der Waals surface area (Å²) in [6.45, 7) is 12.7. The molecule has 0 bridgehead atoms. The third-order valence-corrected chi connectivity index (χ3v) is 7.07. The Morgan fingerprint density at radius 1 is 0.594 bits per heavy atom. The van der Waals surface area contributed by atoms with Gasteiger partial charge in [-0.1, -0.05) is 65.2 Å². The maximum absolute atomic E-state index is 11.2.